The van der Waals surface area contributed by atoms with Gasteiger partial charge in [0.2, 0.25) is 5.91 Å². The van der Waals surface area contributed by atoms with Crippen molar-refractivity contribution in [1.82, 2.24) is 5.32 Å². The molecule has 0 bridgehead atoms. The Bertz CT molecular complexity index is 733. The van der Waals surface area contributed by atoms with E-state index in [1.165, 1.54) is 6.08 Å². The summed E-state index contributed by atoms with van der Waals surface area (Å²) in [5, 5.41) is 2.37. The van der Waals surface area contributed by atoms with Crippen molar-refractivity contribution in [2.45, 2.75) is 5.92 Å². The van der Waals surface area contributed by atoms with E-state index in [0.29, 0.717) is 5.57 Å². The first-order chi connectivity index (χ1) is 10.7. The van der Waals surface area contributed by atoms with Crippen LogP contribution in [-0.2, 0) is 9.59 Å². The molecule has 0 spiro atoms. The van der Waals surface area contributed by atoms with Crippen molar-refractivity contribution < 1.29 is 14.3 Å². The number of imide groups is 1. The quantitative estimate of drug-likeness (QED) is 0.885. The lowest BCUT2D eigenvalue weighted by Gasteiger charge is -2.24. The molecule has 1 atom stereocenters. The summed E-state index contributed by atoms with van der Waals surface area (Å²) in [6.07, 6.45) is 1.49. The van der Waals surface area contributed by atoms with Crippen molar-refractivity contribution in [3.63, 3.8) is 0 Å². The molecule has 2 aromatic rings. The van der Waals surface area contributed by atoms with Crippen LogP contribution >= 0.6 is 0 Å². The summed E-state index contributed by atoms with van der Waals surface area (Å²) in [5.74, 6) is -0.452. The van der Waals surface area contributed by atoms with Gasteiger partial charge in [0.05, 0.1) is 13.0 Å². The number of carbonyl (C=O) groups is 2. The molecule has 22 heavy (non-hydrogen) atoms. The monoisotopic (exact) mass is 293 g/mol. The molecule has 0 fully saturated rings. The van der Waals surface area contributed by atoms with Gasteiger partial charge in [-0.15, -0.1) is 0 Å². The van der Waals surface area contributed by atoms with E-state index in [1.807, 2.05) is 54.6 Å². The number of benzene rings is 2. The van der Waals surface area contributed by atoms with E-state index >= 15 is 0 Å². The van der Waals surface area contributed by atoms with Gasteiger partial charge in [0.25, 0.3) is 5.91 Å². The van der Waals surface area contributed by atoms with Crippen LogP contribution in [-0.4, -0.2) is 18.9 Å². The van der Waals surface area contributed by atoms with E-state index < -0.39 is 5.92 Å². The SMILES string of the molecule is COc1ccc(C2=CC(=O)NC(=O)C2c2ccccc2)cc1. The van der Waals surface area contributed by atoms with Gasteiger partial charge in [-0.05, 0) is 28.8 Å². The first-order valence-corrected chi connectivity index (χ1v) is 6.95. The van der Waals surface area contributed by atoms with E-state index in [2.05, 4.69) is 5.32 Å². The van der Waals surface area contributed by atoms with Gasteiger partial charge in [-0.1, -0.05) is 42.5 Å². The molecule has 4 heteroatoms. The Morgan fingerprint density at radius 3 is 2.27 bits per heavy atom. The summed E-state index contributed by atoms with van der Waals surface area (Å²) in [7, 11) is 1.60. The molecule has 4 nitrogen and oxygen atoms in total. The normalized spacial score (nSPS) is 17.7. The van der Waals surface area contributed by atoms with E-state index in [0.717, 1.165) is 16.9 Å². The van der Waals surface area contributed by atoms with Gasteiger partial charge < -0.3 is 4.74 Å². The summed E-state index contributed by atoms with van der Waals surface area (Å²) in [6.45, 7) is 0. The maximum atomic E-state index is 12.3. The van der Waals surface area contributed by atoms with Gasteiger partial charge in [0, 0.05) is 6.08 Å². The first kappa shape index (κ1) is 14.1. The minimum absolute atomic E-state index is 0.301. The van der Waals surface area contributed by atoms with Crippen LogP contribution in [0.1, 0.15) is 17.0 Å². The molecule has 3 rings (SSSR count). The van der Waals surface area contributed by atoms with Crippen LogP contribution in [0.15, 0.2) is 60.7 Å². The van der Waals surface area contributed by atoms with Crippen LogP contribution in [0.4, 0.5) is 0 Å². The van der Waals surface area contributed by atoms with E-state index in [4.69, 9.17) is 4.74 Å². The fourth-order valence-corrected chi connectivity index (χ4v) is 2.61. The molecule has 1 aliphatic rings. The number of nitrogens with one attached hydrogen (secondary N) is 1. The smallest absolute Gasteiger partial charge is 0.250 e. The Morgan fingerprint density at radius 1 is 0.955 bits per heavy atom. The molecule has 1 heterocycles. The number of amides is 2. The lowest BCUT2D eigenvalue weighted by Crippen LogP contribution is -2.38. The summed E-state index contributed by atoms with van der Waals surface area (Å²) < 4.78 is 5.14. The van der Waals surface area contributed by atoms with Crippen molar-refractivity contribution in [3.05, 3.63) is 71.8 Å². The predicted octanol–water partition coefficient (Wildman–Crippen LogP) is 2.52. The van der Waals surface area contributed by atoms with Gasteiger partial charge in [-0.25, -0.2) is 0 Å². The van der Waals surface area contributed by atoms with Crippen molar-refractivity contribution in [3.8, 4) is 5.75 Å². The maximum Gasteiger partial charge on any atom is 0.250 e. The van der Waals surface area contributed by atoms with E-state index in [-0.39, 0.29) is 11.8 Å². The lowest BCUT2D eigenvalue weighted by atomic mass is 9.84. The summed E-state index contributed by atoms with van der Waals surface area (Å²) in [6, 6.07) is 16.8. The number of hydrogen-bond acceptors (Lipinski definition) is 3. The highest BCUT2D eigenvalue weighted by molar-refractivity contribution is 6.15. The first-order valence-electron chi connectivity index (χ1n) is 6.95. The molecule has 0 aliphatic carbocycles. The molecule has 1 unspecified atom stereocenters. The molecule has 2 amide bonds. The third-order valence-electron chi connectivity index (χ3n) is 3.66. The Balaban J connectivity index is 2.07. The summed E-state index contributed by atoms with van der Waals surface area (Å²) in [5.41, 5.74) is 2.38. The molecule has 0 saturated carbocycles. The van der Waals surface area contributed by atoms with E-state index in [9.17, 15) is 9.59 Å². The standard InChI is InChI=1S/C18H15NO3/c1-22-14-9-7-12(8-10-14)15-11-16(20)19-18(21)17(15)13-5-3-2-4-6-13/h2-11,17H,1H3,(H,19,20,21). The average molecular weight is 293 g/mol. The zero-order valence-corrected chi connectivity index (χ0v) is 12.1. The minimum Gasteiger partial charge on any atom is -0.497 e. The highest BCUT2D eigenvalue weighted by Gasteiger charge is 2.31. The third kappa shape index (κ3) is 2.63. The molecule has 1 aliphatic heterocycles. The Kier molecular flexibility index (Phi) is 3.74. The van der Waals surface area contributed by atoms with Crippen molar-refractivity contribution in [2.75, 3.05) is 7.11 Å². The molecule has 0 saturated heterocycles. The maximum absolute atomic E-state index is 12.3. The van der Waals surface area contributed by atoms with Gasteiger partial charge >= 0.3 is 0 Å². The molecule has 1 N–H and O–H groups in total. The summed E-state index contributed by atoms with van der Waals surface area (Å²) in [4.78, 5) is 24.0. The summed E-state index contributed by atoms with van der Waals surface area (Å²) >= 11 is 0. The second-order valence-corrected chi connectivity index (χ2v) is 5.03. The second kappa shape index (κ2) is 5.85. The van der Waals surface area contributed by atoms with Crippen LogP contribution in [0.5, 0.6) is 5.75 Å². The molecule has 2 aromatic carbocycles. The van der Waals surface area contributed by atoms with Gasteiger partial charge in [-0.3, -0.25) is 14.9 Å². The van der Waals surface area contributed by atoms with Gasteiger partial charge in [0.15, 0.2) is 0 Å². The predicted molar refractivity (Wildman–Crippen MR) is 83.3 cm³/mol. The number of rotatable bonds is 3. The Hall–Kier alpha value is -2.88. The Morgan fingerprint density at radius 2 is 1.64 bits per heavy atom. The zero-order chi connectivity index (χ0) is 15.5. The molecular formula is C18H15NO3. The second-order valence-electron chi connectivity index (χ2n) is 5.03. The zero-order valence-electron chi connectivity index (χ0n) is 12.1. The Labute approximate surface area is 128 Å². The van der Waals surface area contributed by atoms with Gasteiger partial charge in [0.1, 0.15) is 5.75 Å². The molecule has 0 aromatic heterocycles. The minimum atomic E-state index is -0.493. The fourth-order valence-electron chi connectivity index (χ4n) is 2.61. The fraction of sp³-hybridized carbons (Fsp3) is 0.111. The highest BCUT2D eigenvalue weighted by atomic mass is 16.5. The average Bonchev–Trinajstić information content (AvgIpc) is 2.55. The lowest BCUT2D eigenvalue weighted by molar-refractivity contribution is -0.128. The van der Waals surface area contributed by atoms with Gasteiger partial charge in [-0.2, -0.15) is 0 Å². The highest BCUT2D eigenvalue weighted by Crippen LogP contribution is 2.34. The number of methoxy groups -OCH3 is 1. The van der Waals surface area contributed by atoms with Crippen LogP contribution < -0.4 is 10.1 Å². The topological polar surface area (TPSA) is 55.4 Å². The third-order valence-corrected chi connectivity index (χ3v) is 3.66. The largest absolute Gasteiger partial charge is 0.497 e. The van der Waals surface area contributed by atoms with Crippen LogP contribution in [0.2, 0.25) is 0 Å². The van der Waals surface area contributed by atoms with Crippen LogP contribution in [0.3, 0.4) is 0 Å². The molecule has 0 radical (unpaired) electrons. The van der Waals surface area contributed by atoms with E-state index in [1.54, 1.807) is 7.11 Å². The van der Waals surface area contributed by atoms with Crippen molar-refractivity contribution >= 4 is 17.4 Å². The van der Waals surface area contributed by atoms with Crippen LogP contribution in [0, 0.1) is 0 Å². The number of carbonyl (C=O) groups excluding carboxylic acids is 2. The van der Waals surface area contributed by atoms with Crippen molar-refractivity contribution in [2.24, 2.45) is 0 Å². The number of ether oxygens (including phenoxy) is 1. The molecular weight excluding hydrogens is 278 g/mol. The van der Waals surface area contributed by atoms with Crippen LogP contribution in [0.25, 0.3) is 5.57 Å². The number of hydrogen-bond donors (Lipinski definition) is 1. The van der Waals surface area contributed by atoms with Crippen molar-refractivity contribution in [1.29, 1.82) is 0 Å². The molecule has 110 valence electrons.